The quantitative estimate of drug-likeness (QED) is 0.869. The third-order valence-electron chi connectivity index (χ3n) is 4.27. The van der Waals surface area contributed by atoms with Crippen molar-refractivity contribution in [2.24, 2.45) is 5.10 Å². The van der Waals surface area contributed by atoms with Crippen molar-refractivity contribution >= 4 is 17.3 Å². The smallest absolute Gasteiger partial charge is 0.240 e. The molecule has 0 saturated heterocycles. The molecule has 130 valence electrons. The van der Waals surface area contributed by atoms with Gasteiger partial charge in [-0.05, 0) is 35.9 Å². The van der Waals surface area contributed by atoms with Gasteiger partial charge in [-0.2, -0.15) is 5.10 Å². The van der Waals surface area contributed by atoms with Crippen LogP contribution in [0.5, 0.6) is 11.5 Å². The average Bonchev–Trinajstić information content (AvgIpc) is 3.07. The van der Waals surface area contributed by atoms with Crippen molar-refractivity contribution in [1.82, 2.24) is 5.01 Å². The van der Waals surface area contributed by atoms with E-state index < -0.39 is 0 Å². The Balaban J connectivity index is 1.94. The predicted octanol–water partition coefficient (Wildman–Crippen LogP) is 2.98. The molecule has 6 heteroatoms. The van der Waals surface area contributed by atoms with E-state index in [1.807, 2.05) is 42.5 Å². The van der Waals surface area contributed by atoms with Gasteiger partial charge in [-0.3, -0.25) is 4.79 Å². The Morgan fingerprint density at radius 1 is 1.12 bits per heavy atom. The molecule has 1 unspecified atom stereocenters. The Morgan fingerprint density at radius 2 is 1.80 bits per heavy atom. The number of carbonyl (C=O) groups excluding carboxylic acids is 1. The molecule has 1 aliphatic heterocycles. The lowest BCUT2D eigenvalue weighted by molar-refractivity contribution is -0.130. The van der Waals surface area contributed by atoms with Crippen molar-refractivity contribution in [3.63, 3.8) is 0 Å². The monoisotopic (exact) mass is 339 g/mol. The zero-order valence-electron chi connectivity index (χ0n) is 14.5. The molecule has 2 aromatic rings. The van der Waals surface area contributed by atoms with E-state index in [0.717, 1.165) is 16.8 Å². The number of carbonyl (C=O) groups is 1. The number of ether oxygens (including phenoxy) is 2. The number of amides is 1. The third-order valence-corrected chi connectivity index (χ3v) is 4.27. The maximum atomic E-state index is 12.0. The van der Waals surface area contributed by atoms with E-state index in [9.17, 15) is 4.79 Å². The van der Waals surface area contributed by atoms with Crippen LogP contribution in [0.2, 0.25) is 0 Å². The van der Waals surface area contributed by atoms with E-state index >= 15 is 0 Å². The number of hydrazone groups is 1. The highest BCUT2D eigenvalue weighted by Crippen LogP contribution is 2.35. The molecule has 0 bridgehead atoms. The Bertz CT molecular complexity index is 815. The second-order valence-corrected chi connectivity index (χ2v) is 5.87. The summed E-state index contributed by atoms with van der Waals surface area (Å²) in [7, 11) is 3.19. The second-order valence-electron chi connectivity index (χ2n) is 5.87. The molecular formula is C19H21N3O3. The van der Waals surface area contributed by atoms with Crippen molar-refractivity contribution in [3.8, 4) is 11.5 Å². The molecule has 25 heavy (non-hydrogen) atoms. The summed E-state index contributed by atoms with van der Waals surface area (Å²) in [5.74, 6) is 1.19. The van der Waals surface area contributed by atoms with E-state index in [1.54, 1.807) is 14.2 Å². The van der Waals surface area contributed by atoms with Gasteiger partial charge >= 0.3 is 0 Å². The van der Waals surface area contributed by atoms with E-state index in [2.05, 4.69) is 5.10 Å². The summed E-state index contributed by atoms with van der Waals surface area (Å²) in [6.45, 7) is 1.52. The lowest BCUT2D eigenvalue weighted by Gasteiger charge is -2.20. The van der Waals surface area contributed by atoms with Gasteiger partial charge in [-0.25, -0.2) is 5.01 Å². The van der Waals surface area contributed by atoms with Crippen LogP contribution in [0.1, 0.15) is 30.5 Å². The van der Waals surface area contributed by atoms with E-state index in [4.69, 9.17) is 15.2 Å². The normalized spacial score (nSPS) is 16.5. The molecule has 1 amide bonds. The van der Waals surface area contributed by atoms with E-state index in [-0.39, 0.29) is 11.9 Å². The molecule has 1 heterocycles. The number of anilines is 1. The molecule has 1 aliphatic rings. The zero-order chi connectivity index (χ0) is 18.0. The van der Waals surface area contributed by atoms with Gasteiger partial charge in [0.25, 0.3) is 0 Å². The Morgan fingerprint density at radius 3 is 2.40 bits per heavy atom. The van der Waals surface area contributed by atoms with Crippen molar-refractivity contribution in [2.75, 3.05) is 20.0 Å². The van der Waals surface area contributed by atoms with Crippen LogP contribution in [0.4, 0.5) is 5.69 Å². The largest absolute Gasteiger partial charge is 0.493 e. The molecule has 0 fully saturated rings. The predicted molar refractivity (Wildman–Crippen MR) is 96.8 cm³/mol. The number of methoxy groups -OCH3 is 2. The summed E-state index contributed by atoms with van der Waals surface area (Å²) in [6.07, 6.45) is 0.624. The first-order chi connectivity index (χ1) is 12.0. The van der Waals surface area contributed by atoms with E-state index in [0.29, 0.717) is 23.6 Å². The van der Waals surface area contributed by atoms with Gasteiger partial charge in [0.1, 0.15) is 0 Å². The molecule has 2 N–H and O–H groups in total. The summed E-state index contributed by atoms with van der Waals surface area (Å²) in [5, 5.41) is 6.07. The Labute approximate surface area is 146 Å². The Hall–Kier alpha value is -3.02. The van der Waals surface area contributed by atoms with Crippen LogP contribution >= 0.6 is 0 Å². The van der Waals surface area contributed by atoms with Crippen LogP contribution in [-0.2, 0) is 4.79 Å². The second kappa shape index (κ2) is 6.84. The number of nitrogens with two attached hydrogens (primary N) is 1. The Kier molecular flexibility index (Phi) is 4.61. The first-order valence-corrected chi connectivity index (χ1v) is 7.98. The maximum Gasteiger partial charge on any atom is 0.240 e. The molecule has 3 rings (SSSR count). The molecule has 0 saturated carbocycles. The fourth-order valence-electron chi connectivity index (χ4n) is 2.97. The van der Waals surface area contributed by atoms with Crippen LogP contribution in [0.15, 0.2) is 47.6 Å². The zero-order valence-corrected chi connectivity index (χ0v) is 14.5. The van der Waals surface area contributed by atoms with Gasteiger partial charge in [-0.1, -0.05) is 12.1 Å². The summed E-state index contributed by atoms with van der Waals surface area (Å²) in [5.41, 5.74) is 9.19. The number of nitrogens with zero attached hydrogens (tertiary/aromatic N) is 2. The van der Waals surface area contributed by atoms with Crippen LogP contribution in [0.25, 0.3) is 0 Å². The number of rotatable bonds is 4. The van der Waals surface area contributed by atoms with Gasteiger partial charge in [0.15, 0.2) is 11.5 Å². The van der Waals surface area contributed by atoms with Crippen molar-refractivity contribution in [3.05, 3.63) is 53.6 Å². The minimum absolute atomic E-state index is 0.0997. The van der Waals surface area contributed by atoms with Crippen LogP contribution in [0, 0.1) is 0 Å². The highest BCUT2D eigenvalue weighted by molar-refractivity contribution is 6.03. The minimum Gasteiger partial charge on any atom is -0.493 e. The van der Waals surface area contributed by atoms with Gasteiger partial charge < -0.3 is 15.2 Å². The average molecular weight is 339 g/mol. The molecule has 2 aromatic carbocycles. The van der Waals surface area contributed by atoms with Crippen LogP contribution < -0.4 is 15.2 Å². The van der Waals surface area contributed by atoms with Crippen molar-refractivity contribution in [2.45, 2.75) is 19.4 Å². The fourth-order valence-corrected chi connectivity index (χ4v) is 2.97. The SMILES string of the molecule is COc1ccc(C2=NN(C(C)=O)C(c3ccc(N)cc3)C2)cc1OC. The van der Waals surface area contributed by atoms with Crippen LogP contribution in [0.3, 0.4) is 0 Å². The lowest BCUT2D eigenvalue weighted by Crippen LogP contribution is -2.24. The molecule has 6 nitrogen and oxygen atoms in total. The maximum absolute atomic E-state index is 12.0. The van der Waals surface area contributed by atoms with Gasteiger partial charge in [0.2, 0.25) is 5.91 Å². The number of hydrogen-bond donors (Lipinski definition) is 1. The topological polar surface area (TPSA) is 77.2 Å². The molecule has 0 aliphatic carbocycles. The molecule has 0 radical (unpaired) electrons. The molecule has 0 spiro atoms. The van der Waals surface area contributed by atoms with Gasteiger partial charge in [-0.15, -0.1) is 0 Å². The highest BCUT2D eigenvalue weighted by Gasteiger charge is 2.31. The first kappa shape index (κ1) is 16.8. The third kappa shape index (κ3) is 3.28. The van der Waals surface area contributed by atoms with Crippen molar-refractivity contribution < 1.29 is 14.3 Å². The van der Waals surface area contributed by atoms with Gasteiger partial charge in [0, 0.05) is 24.6 Å². The summed E-state index contributed by atoms with van der Waals surface area (Å²) in [4.78, 5) is 12.0. The molecule has 1 atom stereocenters. The highest BCUT2D eigenvalue weighted by atomic mass is 16.5. The first-order valence-electron chi connectivity index (χ1n) is 7.98. The molecule has 0 aromatic heterocycles. The number of benzene rings is 2. The van der Waals surface area contributed by atoms with Crippen LogP contribution in [-0.4, -0.2) is 30.8 Å². The minimum atomic E-state index is -0.138. The fraction of sp³-hybridized carbons (Fsp3) is 0.263. The summed E-state index contributed by atoms with van der Waals surface area (Å²) in [6, 6.07) is 13.0. The molecular weight excluding hydrogens is 318 g/mol. The van der Waals surface area contributed by atoms with Gasteiger partial charge in [0.05, 0.1) is 26.0 Å². The van der Waals surface area contributed by atoms with E-state index in [1.165, 1.54) is 11.9 Å². The standard InChI is InChI=1S/C19H21N3O3/c1-12(23)22-17(13-4-7-15(20)8-5-13)11-16(21-22)14-6-9-18(24-2)19(10-14)25-3/h4-10,17H,11,20H2,1-3H3. The summed E-state index contributed by atoms with van der Waals surface area (Å²) >= 11 is 0. The van der Waals surface area contributed by atoms with Crippen molar-refractivity contribution in [1.29, 1.82) is 0 Å². The number of hydrogen-bond acceptors (Lipinski definition) is 5. The number of nitrogen functional groups attached to an aromatic ring is 1. The summed E-state index contributed by atoms with van der Waals surface area (Å²) < 4.78 is 10.6. The lowest BCUT2D eigenvalue weighted by atomic mass is 9.98.